The standard InChI is InChI=1S/C23H26N6O4S/c1-4-32-19-10-16-9-14(2)33-20(16)11-17(19)12-24-22(31)15-5-7-18(8-6-15)25-21(30)13-34-23-26-27-28-29(23)3/h5-8,10-11,14H,4,9,12-13H2,1-3H3,(H,24,31)(H,25,30). The Bertz CT molecular complexity index is 1180. The van der Waals surface area contributed by atoms with E-state index in [1.165, 1.54) is 16.4 Å². The van der Waals surface area contributed by atoms with E-state index in [-0.39, 0.29) is 23.7 Å². The van der Waals surface area contributed by atoms with Gasteiger partial charge in [-0.3, -0.25) is 9.59 Å². The molecule has 1 unspecified atom stereocenters. The van der Waals surface area contributed by atoms with Crippen LogP contribution in [-0.2, 0) is 24.8 Å². The van der Waals surface area contributed by atoms with Gasteiger partial charge in [0.1, 0.15) is 17.6 Å². The number of carbonyl (C=O) groups excluding carboxylic acids is 2. The predicted octanol–water partition coefficient (Wildman–Crippen LogP) is 2.59. The zero-order valence-corrected chi connectivity index (χ0v) is 20.0. The number of rotatable bonds is 9. The molecule has 0 spiro atoms. The summed E-state index contributed by atoms with van der Waals surface area (Å²) in [5, 5.41) is 17.4. The quantitative estimate of drug-likeness (QED) is 0.447. The zero-order chi connectivity index (χ0) is 24.1. The number of anilines is 1. The lowest BCUT2D eigenvalue weighted by atomic mass is 10.1. The number of hydrogen-bond acceptors (Lipinski definition) is 8. The van der Waals surface area contributed by atoms with E-state index in [4.69, 9.17) is 9.47 Å². The van der Waals surface area contributed by atoms with Crippen molar-refractivity contribution in [1.82, 2.24) is 25.5 Å². The minimum Gasteiger partial charge on any atom is -0.494 e. The van der Waals surface area contributed by atoms with Gasteiger partial charge in [-0.25, -0.2) is 4.68 Å². The van der Waals surface area contributed by atoms with Crippen LogP contribution in [0.3, 0.4) is 0 Å². The number of fused-ring (bicyclic) bond motifs is 1. The van der Waals surface area contributed by atoms with Gasteiger partial charge in [0.2, 0.25) is 11.1 Å². The molecule has 0 fully saturated rings. The number of carbonyl (C=O) groups is 2. The van der Waals surface area contributed by atoms with E-state index in [0.29, 0.717) is 29.6 Å². The van der Waals surface area contributed by atoms with Gasteiger partial charge in [0.05, 0.1) is 12.4 Å². The summed E-state index contributed by atoms with van der Waals surface area (Å²) in [6.45, 7) is 4.81. The summed E-state index contributed by atoms with van der Waals surface area (Å²) in [7, 11) is 1.71. The summed E-state index contributed by atoms with van der Waals surface area (Å²) >= 11 is 1.24. The van der Waals surface area contributed by atoms with Gasteiger partial charge in [-0.2, -0.15) is 0 Å². The molecule has 0 saturated carbocycles. The molecular weight excluding hydrogens is 456 g/mol. The van der Waals surface area contributed by atoms with Gasteiger partial charge >= 0.3 is 0 Å². The first kappa shape index (κ1) is 23.6. The molecule has 3 aromatic rings. The molecule has 2 amide bonds. The highest BCUT2D eigenvalue weighted by molar-refractivity contribution is 7.99. The number of amides is 2. The highest BCUT2D eigenvalue weighted by Gasteiger charge is 2.22. The number of tetrazole rings is 1. The summed E-state index contributed by atoms with van der Waals surface area (Å²) in [6.07, 6.45) is 0.983. The van der Waals surface area contributed by atoms with Crippen LogP contribution in [0.25, 0.3) is 0 Å². The van der Waals surface area contributed by atoms with Gasteiger partial charge in [0, 0.05) is 42.4 Å². The third kappa shape index (κ3) is 5.66. The Balaban J connectivity index is 1.32. The normalized spacial score (nSPS) is 14.3. The second kappa shape index (κ2) is 10.6. The summed E-state index contributed by atoms with van der Waals surface area (Å²) < 4.78 is 13.1. The van der Waals surface area contributed by atoms with E-state index in [0.717, 1.165) is 29.0 Å². The maximum Gasteiger partial charge on any atom is 0.251 e. The average molecular weight is 483 g/mol. The monoisotopic (exact) mass is 482 g/mol. The Kier molecular flexibility index (Phi) is 7.31. The maximum absolute atomic E-state index is 12.7. The van der Waals surface area contributed by atoms with Gasteiger partial charge in [0.25, 0.3) is 5.91 Å². The van der Waals surface area contributed by atoms with Gasteiger partial charge < -0.3 is 20.1 Å². The number of benzene rings is 2. The van der Waals surface area contributed by atoms with Gasteiger partial charge in [-0.1, -0.05) is 11.8 Å². The van der Waals surface area contributed by atoms with E-state index in [1.807, 2.05) is 26.0 Å². The molecular formula is C23H26N6O4S. The molecule has 0 aliphatic carbocycles. The third-order valence-electron chi connectivity index (χ3n) is 5.16. The zero-order valence-electron chi connectivity index (χ0n) is 19.2. The molecule has 0 saturated heterocycles. The Morgan fingerprint density at radius 3 is 2.76 bits per heavy atom. The molecule has 2 aromatic carbocycles. The summed E-state index contributed by atoms with van der Waals surface area (Å²) in [5.41, 5.74) is 3.07. The molecule has 0 bridgehead atoms. The van der Waals surface area contributed by atoms with Crippen molar-refractivity contribution < 1.29 is 19.1 Å². The molecule has 1 aliphatic rings. The van der Waals surface area contributed by atoms with Crippen LogP contribution in [0.4, 0.5) is 5.69 Å². The molecule has 1 aliphatic heterocycles. The van der Waals surface area contributed by atoms with Crippen LogP contribution < -0.4 is 20.1 Å². The fourth-order valence-corrected chi connectivity index (χ4v) is 4.21. The molecule has 10 nitrogen and oxygen atoms in total. The maximum atomic E-state index is 12.7. The Morgan fingerprint density at radius 2 is 2.06 bits per heavy atom. The van der Waals surface area contributed by atoms with Gasteiger partial charge in [-0.15, -0.1) is 5.10 Å². The number of hydrogen-bond donors (Lipinski definition) is 2. The first-order valence-electron chi connectivity index (χ1n) is 10.9. The number of ether oxygens (including phenoxy) is 2. The van der Waals surface area contributed by atoms with Crippen molar-refractivity contribution in [3.8, 4) is 11.5 Å². The Labute approximate surface area is 201 Å². The first-order valence-corrected chi connectivity index (χ1v) is 11.9. The van der Waals surface area contributed by atoms with Crippen molar-refractivity contribution >= 4 is 29.3 Å². The molecule has 0 radical (unpaired) electrons. The van der Waals surface area contributed by atoms with Crippen molar-refractivity contribution in [1.29, 1.82) is 0 Å². The topological polar surface area (TPSA) is 120 Å². The number of nitrogens with zero attached hydrogens (tertiary/aromatic N) is 4. The lowest BCUT2D eigenvalue weighted by Crippen LogP contribution is -2.23. The molecule has 11 heteroatoms. The minimum atomic E-state index is -0.222. The highest BCUT2D eigenvalue weighted by atomic mass is 32.2. The van der Waals surface area contributed by atoms with E-state index in [1.54, 1.807) is 31.3 Å². The van der Waals surface area contributed by atoms with Crippen LogP contribution in [0.15, 0.2) is 41.6 Å². The van der Waals surface area contributed by atoms with Crippen molar-refractivity contribution in [2.45, 2.75) is 38.1 Å². The minimum absolute atomic E-state index is 0.135. The molecule has 1 aromatic heterocycles. The first-order chi connectivity index (χ1) is 16.4. The number of nitrogens with one attached hydrogen (secondary N) is 2. The van der Waals surface area contributed by atoms with Crippen LogP contribution in [0.1, 0.15) is 35.3 Å². The van der Waals surface area contributed by atoms with Crippen molar-refractivity contribution in [3.63, 3.8) is 0 Å². The summed E-state index contributed by atoms with van der Waals surface area (Å²) in [5.74, 6) is 1.35. The van der Waals surface area contributed by atoms with E-state index < -0.39 is 0 Å². The molecule has 1 atom stereocenters. The third-order valence-corrected chi connectivity index (χ3v) is 6.17. The lowest BCUT2D eigenvalue weighted by Gasteiger charge is -2.13. The number of thioether (sulfide) groups is 1. The van der Waals surface area contributed by atoms with E-state index >= 15 is 0 Å². The molecule has 2 N–H and O–H groups in total. The van der Waals surface area contributed by atoms with Crippen LogP contribution in [-0.4, -0.2) is 50.5 Å². The smallest absolute Gasteiger partial charge is 0.251 e. The predicted molar refractivity (Wildman–Crippen MR) is 127 cm³/mol. The van der Waals surface area contributed by atoms with Crippen LogP contribution in [0.5, 0.6) is 11.5 Å². The molecule has 4 rings (SSSR count). The molecule has 34 heavy (non-hydrogen) atoms. The lowest BCUT2D eigenvalue weighted by molar-refractivity contribution is -0.113. The van der Waals surface area contributed by atoms with Crippen LogP contribution in [0.2, 0.25) is 0 Å². The van der Waals surface area contributed by atoms with Crippen molar-refractivity contribution in [3.05, 3.63) is 53.1 Å². The largest absolute Gasteiger partial charge is 0.494 e. The Hall–Kier alpha value is -3.60. The van der Waals surface area contributed by atoms with Crippen molar-refractivity contribution in [2.24, 2.45) is 7.05 Å². The van der Waals surface area contributed by atoms with Crippen LogP contribution >= 0.6 is 11.8 Å². The molecule has 178 valence electrons. The highest BCUT2D eigenvalue weighted by Crippen LogP contribution is 2.35. The number of aromatic nitrogens is 4. The van der Waals surface area contributed by atoms with E-state index in [2.05, 4.69) is 26.2 Å². The summed E-state index contributed by atoms with van der Waals surface area (Å²) in [6, 6.07) is 10.7. The number of aryl methyl sites for hydroxylation is 1. The fourth-order valence-electron chi connectivity index (χ4n) is 3.56. The fraction of sp³-hybridized carbons (Fsp3) is 0.348. The average Bonchev–Trinajstić information content (AvgIpc) is 3.40. The van der Waals surface area contributed by atoms with E-state index in [9.17, 15) is 9.59 Å². The summed E-state index contributed by atoms with van der Waals surface area (Å²) in [4.78, 5) is 24.8. The second-order valence-corrected chi connectivity index (χ2v) is 8.76. The Morgan fingerprint density at radius 1 is 1.26 bits per heavy atom. The molecule has 2 heterocycles. The van der Waals surface area contributed by atoms with Gasteiger partial charge in [-0.05, 0) is 60.7 Å². The second-order valence-electron chi connectivity index (χ2n) is 7.82. The van der Waals surface area contributed by atoms with Gasteiger partial charge in [0.15, 0.2) is 0 Å². The SMILES string of the molecule is CCOc1cc2c(cc1CNC(=O)c1ccc(NC(=O)CSc3nnnn3C)cc1)OC(C)C2. The van der Waals surface area contributed by atoms with Crippen LogP contribution in [0, 0.1) is 0 Å². The van der Waals surface area contributed by atoms with Crippen molar-refractivity contribution in [2.75, 3.05) is 17.7 Å².